The Bertz CT molecular complexity index is 692. The van der Waals surface area contributed by atoms with E-state index >= 15 is 0 Å². The van der Waals surface area contributed by atoms with Crippen molar-refractivity contribution in [1.29, 1.82) is 0 Å². The van der Waals surface area contributed by atoms with Crippen LogP contribution >= 0.6 is 11.6 Å². The van der Waals surface area contributed by atoms with E-state index in [4.69, 9.17) is 16.3 Å². The maximum absolute atomic E-state index is 12.7. The van der Waals surface area contributed by atoms with E-state index in [1.54, 1.807) is 24.3 Å². The molecule has 0 aliphatic rings. The highest BCUT2D eigenvalue weighted by atomic mass is 35.5. The van der Waals surface area contributed by atoms with Gasteiger partial charge in [0.2, 0.25) is 5.91 Å². The maximum Gasteiger partial charge on any atom is 0.269 e. The van der Waals surface area contributed by atoms with Crippen LogP contribution in [-0.4, -0.2) is 18.4 Å². The normalized spacial score (nSPS) is 10.0. The monoisotopic (exact) mass is 336 g/mol. The molecule has 2 N–H and O–H groups in total. The van der Waals surface area contributed by atoms with Crippen LogP contribution in [0.25, 0.3) is 0 Å². The zero-order valence-electron chi connectivity index (χ0n) is 12.0. The number of ether oxygens (including phenoxy) is 1. The third kappa shape index (κ3) is 5.60. The first-order valence-electron chi connectivity index (χ1n) is 6.78. The highest BCUT2D eigenvalue weighted by Gasteiger charge is 2.07. The SMILES string of the molecule is O=C(CCOc1cccc(Cl)c1)NNC(=O)c1ccc(F)cc1. The van der Waals surface area contributed by atoms with E-state index in [0.29, 0.717) is 10.8 Å². The van der Waals surface area contributed by atoms with Crippen LogP contribution < -0.4 is 15.6 Å². The summed E-state index contributed by atoms with van der Waals surface area (Å²) >= 11 is 5.81. The van der Waals surface area contributed by atoms with E-state index in [9.17, 15) is 14.0 Å². The van der Waals surface area contributed by atoms with Crippen molar-refractivity contribution in [1.82, 2.24) is 10.9 Å². The Morgan fingerprint density at radius 1 is 1.09 bits per heavy atom. The molecule has 0 aromatic heterocycles. The van der Waals surface area contributed by atoms with Crippen molar-refractivity contribution in [3.8, 4) is 5.75 Å². The first-order valence-corrected chi connectivity index (χ1v) is 7.15. The highest BCUT2D eigenvalue weighted by Crippen LogP contribution is 2.17. The molecule has 2 amide bonds. The van der Waals surface area contributed by atoms with E-state index in [-0.39, 0.29) is 18.6 Å². The van der Waals surface area contributed by atoms with Crippen LogP contribution in [0.3, 0.4) is 0 Å². The molecule has 0 unspecified atom stereocenters. The number of carbonyl (C=O) groups is 2. The number of amides is 2. The van der Waals surface area contributed by atoms with E-state index in [1.807, 2.05) is 0 Å². The van der Waals surface area contributed by atoms with Crippen molar-refractivity contribution in [3.05, 3.63) is 64.9 Å². The summed E-state index contributed by atoms with van der Waals surface area (Å²) in [5.41, 5.74) is 4.73. The van der Waals surface area contributed by atoms with Gasteiger partial charge in [0.25, 0.3) is 5.91 Å². The predicted molar refractivity (Wildman–Crippen MR) is 83.6 cm³/mol. The van der Waals surface area contributed by atoms with Gasteiger partial charge in [0.1, 0.15) is 11.6 Å². The van der Waals surface area contributed by atoms with Crippen LogP contribution in [0.4, 0.5) is 4.39 Å². The molecule has 0 bridgehead atoms. The van der Waals surface area contributed by atoms with Gasteiger partial charge in [-0.2, -0.15) is 0 Å². The quantitative estimate of drug-likeness (QED) is 0.825. The summed E-state index contributed by atoms with van der Waals surface area (Å²) in [6.45, 7) is 0.137. The fraction of sp³-hybridized carbons (Fsp3) is 0.125. The summed E-state index contributed by atoms with van der Waals surface area (Å²) in [4.78, 5) is 23.3. The molecule has 0 heterocycles. The second-order valence-corrected chi connectivity index (χ2v) is 5.00. The Kier molecular flexibility index (Phi) is 5.94. The van der Waals surface area contributed by atoms with E-state index in [1.165, 1.54) is 12.1 Å². The molecule has 23 heavy (non-hydrogen) atoms. The molecule has 2 aromatic carbocycles. The van der Waals surface area contributed by atoms with Crippen LogP contribution in [-0.2, 0) is 4.79 Å². The van der Waals surface area contributed by atoms with Crippen LogP contribution in [0.15, 0.2) is 48.5 Å². The third-order valence-corrected chi connectivity index (χ3v) is 3.05. The van der Waals surface area contributed by atoms with E-state index < -0.39 is 17.6 Å². The lowest BCUT2D eigenvalue weighted by Gasteiger charge is -2.08. The Morgan fingerprint density at radius 2 is 1.83 bits per heavy atom. The number of hydrogen-bond donors (Lipinski definition) is 2. The van der Waals surface area contributed by atoms with Crippen molar-refractivity contribution in [2.45, 2.75) is 6.42 Å². The van der Waals surface area contributed by atoms with E-state index in [0.717, 1.165) is 12.1 Å². The third-order valence-electron chi connectivity index (χ3n) is 2.82. The standard InChI is InChI=1S/C16H14ClFN2O3/c17-12-2-1-3-14(10-12)23-9-8-15(21)19-20-16(22)11-4-6-13(18)7-5-11/h1-7,10H,8-9H2,(H,19,21)(H,20,22). The number of carbonyl (C=O) groups excluding carboxylic acids is 2. The minimum absolute atomic E-state index is 0.0518. The Hall–Kier alpha value is -2.60. The lowest BCUT2D eigenvalue weighted by Crippen LogP contribution is -2.42. The van der Waals surface area contributed by atoms with Crippen LogP contribution in [0.5, 0.6) is 5.75 Å². The van der Waals surface area contributed by atoms with Gasteiger partial charge in [-0.1, -0.05) is 17.7 Å². The zero-order chi connectivity index (χ0) is 16.7. The summed E-state index contributed by atoms with van der Waals surface area (Å²) in [6, 6.07) is 11.8. The smallest absolute Gasteiger partial charge is 0.269 e. The van der Waals surface area contributed by atoms with Crippen molar-refractivity contribution < 1.29 is 18.7 Å². The predicted octanol–water partition coefficient (Wildman–Crippen LogP) is 2.71. The van der Waals surface area contributed by atoms with E-state index in [2.05, 4.69) is 10.9 Å². The van der Waals surface area contributed by atoms with Gasteiger partial charge < -0.3 is 4.74 Å². The summed E-state index contributed by atoms with van der Waals surface area (Å²) in [7, 11) is 0. The van der Waals surface area contributed by atoms with Gasteiger partial charge in [0, 0.05) is 10.6 Å². The van der Waals surface area contributed by atoms with Crippen molar-refractivity contribution in [2.75, 3.05) is 6.61 Å². The maximum atomic E-state index is 12.7. The number of rotatable bonds is 5. The average Bonchev–Trinajstić information content (AvgIpc) is 2.53. The Labute approximate surface area is 137 Å². The lowest BCUT2D eigenvalue weighted by atomic mass is 10.2. The summed E-state index contributed by atoms with van der Waals surface area (Å²) in [5, 5.41) is 0.540. The van der Waals surface area contributed by atoms with Crippen molar-refractivity contribution in [3.63, 3.8) is 0 Å². The van der Waals surface area contributed by atoms with Crippen LogP contribution in [0.1, 0.15) is 16.8 Å². The molecule has 0 fully saturated rings. The molecule has 0 radical (unpaired) electrons. The second-order valence-electron chi connectivity index (χ2n) is 4.57. The fourth-order valence-corrected chi connectivity index (χ4v) is 1.86. The van der Waals surface area contributed by atoms with Crippen molar-refractivity contribution >= 4 is 23.4 Å². The first-order chi connectivity index (χ1) is 11.0. The fourth-order valence-electron chi connectivity index (χ4n) is 1.68. The molecule has 120 valence electrons. The number of benzene rings is 2. The molecule has 2 rings (SSSR count). The minimum atomic E-state index is -0.533. The molecule has 0 atom stereocenters. The lowest BCUT2D eigenvalue weighted by molar-refractivity contribution is -0.122. The summed E-state index contributed by atoms with van der Waals surface area (Å²) in [5.74, 6) is -0.832. The molecule has 0 aliphatic heterocycles. The molecule has 5 nitrogen and oxygen atoms in total. The summed E-state index contributed by atoms with van der Waals surface area (Å²) < 4.78 is 18.1. The molecule has 2 aromatic rings. The van der Waals surface area contributed by atoms with Gasteiger partial charge in [-0.15, -0.1) is 0 Å². The first kappa shape index (κ1) is 16.8. The molecular formula is C16H14ClFN2O3. The van der Waals surface area contributed by atoms with Crippen LogP contribution in [0, 0.1) is 5.82 Å². The number of halogens is 2. The van der Waals surface area contributed by atoms with Gasteiger partial charge in [-0.3, -0.25) is 20.4 Å². The molecule has 0 aliphatic carbocycles. The minimum Gasteiger partial charge on any atom is -0.493 e. The zero-order valence-corrected chi connectivity index (χ0v) is 12.8. The van der Waals surface area contributed by atoms with Crippen LogP contribution in [0.2, 0.25) is 5.02 Å². The topological polar surface area (TPSA) is 67.4 Å². The largest absolute Gasteiger partial charge is 0.493 e. The van der Waals surface area contributed by atoms with Gasteiger partial charge >= 0.3 is 0 Å². The average molecular weight is 337 g/mol. The Morgan fingerprint density at radius 3 is 2.52 bits per heavy atom. The van der Waals surface area contributed by atoms with Crippen molar-refractivity contribution in [2.24, 2.45) is 0 Å². The summed E-state index contributed by atoms with van der Waals surface area (Å²) in [6.07, 6.45) is 0.0518. The molecule has 0 spiro atoms. The van der Waals surface area contributed by atoms with Gasteiger partial charge in [-0.25, -0.2) is 4.39 Å². The number of nitrogens with one attached hydrogen (secondary N) is 2. The molecule has 7 heteroatoms. The van der Waals surface area contributed by atoms with Gasteiger partial charge in [-0.05, 0) is 42.5 Å². The molecular weight excluding hydrogens is 323 g/mol. The number of hydrogen-bond acceptors (Lipinski definition) is 3. The van der Waals surface area contributed by atoms with Gasteiger partial charge in [0.05, 0.1) is 13.0 Å². The van der Waals surface area contributed by atoms with Gasteiger partial charge in [0.15, 0.2) is 0 Å². The number of hydrazine groups is 1. The second kappa shape index (κ2) is 8.14. The Balaban J connectivity index is 1.70. The highest BCUT2D eigenvalue weighted by molar-refractivity contribution is 6.30. The molecule has 0 saturated carbocycles. The molecule has 0 saturated heterocycles.